The van der Waals surface area contributed by atoms with Crippen LogP contribution in [0.4, 0.5) is 0 Å². The molecule has 1 amide bonds. The van der Waals surface area contributed by atoms with Crippen LogP contribution in [0.2, 0.25) is 0 Å². The van der Waals surface area contributed by atoms with Gasteiger partial charge in [0.15, 0.2) is 0 Å². The second kappa shape index (κ2) is 7.82. The highest BCUT2D eigenvalue weighted by molar-refractivity contribution is 5.75. The van der Waals surface area contributed by atoms with Gasteiger partial charge in [-0.1, -0.05) is 19.4 Å². The molecule has 0 atom stereocenters. The molecule has 0 fully saturated rings. The first-order valence-corrected chi connectivity index (χ1v) is 6.37. The third-order valence-electron chi connectivity index (χ3n) is 2.85. The highest BCUT2D eigenvalue weighted by Gasteiger charge is 2.07. The van der Waals surface area contributed by atoms with Crippen molar-refractivity contribution < 1.29 is 4.79 Å². The molecule has 0 aliphatic heterocycles. The Bertz CT molecular complexity index is 324. The monoisotopic (exact) mass is 234 g/mol. The number of unbranched alkanes of at least 4 members (excludes halogenated alkanes) is 1. The van der Waals surface area contributed by atoms with Crippen LogP contribution in [0, 0.1) is 0 Å². The van der Waals surface area contributed by atoms with E-state index in [1.54, 1.807) is 6.20 Å². The normalized spacial score (nSPS) is 10.2. The van der Waals surface area contributed by atoms with Crippen molar-refractivity contribution in [3.8, 4) is 0 Å². The summed E-state index contributed by atoms with van der Waals surface area (Å²) in [5.41, 5.74) is 1.21. The molecule has 1 heterocycles. The Hall–Kier alpha value is -1.38. The Balaban J connectivity index is 2.20. The van der Waals surface area contributed by atoms with Gasteiger partial charge in [-0.15, -0.1) is 0 Å². The molecule has 0 N–H and O–H groups in total. The highest BCUT2D eigenvalue weighted by atomic mass is 16.2. The van der Waals surface area contributed by atoms with Crippen molar-refractivity contribution in [1.82, 2.24) is 9.88 Å². The first kappa shape index (κ1) is 13.7. The highest BCUT2D eigenvalue weighted by Crippen LogP contribution is 2.05. The lowest BCUT2D eigenvalue weighted by atomic mass is 10.1. The van der Waals surface area contributed by atoms with Crippen molar-refractivity contribution in [1.29, 1.82) is 0 Å². The summed E-state index contributed by atoms with van der Waals surface area (Å²) < 4.78 is 0. The summed E-state index contributed by atoms with van der Waals surface area (Å²) in [7, 11) is 1.89. The van der Waals surface area contributed by atoms with Crippen molar-refractivity contribution in [2.75, 3.05) is 13.6 Å². The van der Waals surface area contributed by atoms with Crippen LogP contribution >= 0.6 is 0 Å². The zero-order valence-electron chi connectivity index (χ0n) is 10.9. The standard InChI is InChI=1S/C14H22N2O/c1-3-4-11-16(2)14(17)9-5-7-13-8-6-10-15-12-13/h6,8,10,12H,3-5,7,9,11H2,1-2H3. The zero-order chi connectivity index (χ0) is 12.5. The van der Waals surface area contributed by atoms with Gasteiger partial charge in [-0.3, -0.25) is 9.78 Å². The van der Waals surface area contributed by atoms with E-state index in [0.717, 1.165) is 32.2 Å². The Morgan fingerprint density at radius 2 is 2.24 bits per heavy atom. The number of nitrogens with zero attached hydrogens (tertiary/aromatic N) is 2. The summed E-state index contributed by atoms with van der Waals surface area (Å²) in [5, 5.41) is 0. The quantitative estimate of drug-likeness (QED) is 0.726. The third kappa shape index (κ3) is 5.48. The number of hydrogen-bond acceptors (Lipinski definition) is 2. The van der Waals surface area contributed by atoms with Gasteiger partial charge in [-0.05, 0) is 30.9 Å². The van der Waals surface area contributed by atoms with Gasteiger partial charge in [-0.25, -0.2) is 0 Å². The minimum Gasteiger partial charge on any atom is -0.346 e. The maximum absolute atomic E-state index is 11.7. The lowest BCUT2D eigenvalue weighted by Crippen LogP contribution is -2.27. The minimum absolute atomic E-state index is 0.252. The fraction of sp³-hybridized carbons (Fsp3) is 0.571. The van der Waals surface area contributed by atoms with E-state index in [1.165, 1.54) is 5.56 Å². The predicted molar refractivity (Wildman–Crippen MR) is 69.7 cm³/mol. The summed E-state index contributed by atoms with van der Waals surface area (Å²) in [6.07, 6.45) is 8.33. The van der Waals surface area contributed by atoms with Gasteiger partial charge in [-0.2, -0.15) is 0 Å². The van der Waals surface area contributed by atoms with E-state index in [4.69, 9.17) is 0 Å². The lowest BCUT2D eigenvalue weighted by molar-refractivity contribution is -0.130. The summed E-state index contributed by atoms with van der Waals surface area (Å²) in [6, 6.07) is 3.99. The van der Waals surface area contributed by atoms with E-state index in [-0.39, 0.29) is 5.91 Å². The van der Waals surface area contributed by atoms with Crippen molar-refractivity contribution in [3.63, 3.8) is 0 Å². The van der Waals surface area contributed by atoms with E-state index < -0.39 is 0 Å². The Labute approximate surface area is 104 Å². The number of carbonyl (C=O) groups excluding carboxylic acids is 1. The van der Waals surface area contributed by atoms with Crippen molar-refractivity contribution >= 4 is 5.91 Å². The molecule has 94 valence electrons. The predicted octanol–water partition coefficient (Wildman–Crippen LogP) is 2.66. The number of hydrogen-bond donors (Lipinski definition) is 0. The fourth-order valence-corrected chi connectivity index (χ4v) is 1.70. The van der Waals surface area contributed by atoms with Crippen LogP contribution in [0.5, 0.6) is 0 Å². The average Bonchev–Trinajstić information content (AvgIpc) is 2.37. The second-order valence-electron chi connectivity index (χ2n) is 4.38. The van der Waals surface area contributed by atoms with Gasteiger partial charge in [0, 0.05) is 32.4 Å². The third-order valence-corrected chi connectivity index (χ3v) is 2.85. The Kier molecular flexibility index (Phi) is 6.30. The van der Waals surface area contributed by atoms with Gasteiger partial charge in [0.05, 0.1) is 0 Å². The molecule has 0 radical (unpaired) electrons. The molecule has 1 aromatic rings. The molecule has 0 unspecified atom stereocenters. The van der Waals surface area contributed by atoms with Crippen molar-refractivity contribution in [2.24, 2.45) is 0 Å². The largest absolute Gasteiger partial charge is 0.346 e. The lowest BCUT2D eigenvalue weighted by Gasteiger charge is -2.16. The smallest absolute Gasteiger partial charge is 0.222 e. The number of aryl methyl sites for hydroxylation is 1. The Morgan fingerprint density at radius 3 is 2.88 bits per heavy atom. The summed E-state index contributed by atoms with van der Waals surface area (Å²) in [6.45, 7) is 3.02. The molecule has 17 heavy (non-hydrogen) atoms. The summed E-state index contributed by atoms with van der Waals surface area (Å²) >= 11 is 0. The molecule has 0 bridgehead atoms. The van der Waals surface area contributed by atoms with Crippen LogP contribution in [0.1, 0.15) is 38.2 Å². The van der Waals surface area contributed by atoms with E-state index in [0.29, 0.717) is 6.42 Å². The zero-order valence-corrected chi connectivity index (χ0v) is 10.9. The van der Waals surface area contributed by atoms with Crippen LogP contribution < -0.4 is 0 Å². The van der Waals surface area contributed by atoms with Crippen LogP contribution in [0.15, 0.2) is 24.5 Å². The fourth-order valence-electron chi connectivity index (χ4n) is 1.70. The summed E-state index contributed by atoms with van der Waals surface area (Å²) in [4.78, 5) is 17.7. The first-order chi connectivity index (χ1) is 8.24. The molecule has 0 aromatic carbocycles. The van der Waals surface area contributed by atoms with Gasteiger partial charge in [0.25, 0.3) is 0 Å². The van der Waals surface area contributed by atoms with Crippen LogP contribution in [0.25, 0.3) is 0 Å². The van der Waals surface area contributed by atoms with Crippen LogP contribution in [-0.2, 0) is 11.2 Å². The van der Waals surface area contributed by atoms with E-state index in [2.05, 4.69) is 18.0 Å². The van der Waals surface area contributed by atoms with Gasteiger partial charge < -0.3 is 4.90 Å². The number of pyridine rings is 1. The molecule has 0 saturated heterocycles. The molecule has 1 aromatic heterocycles. The molecule has 0 aliphatic carbocycles. The van der Waals surface area contributed by atoms with Gasteiger partial charge >= 0.3 is 0 Å². The minimum atomic E-state index is 0.252. The second-order valence-corrected chi connectivity index (χ2v) is 4.38. The number of aromatic nitrogens is 1. The average molecular weight is 234 g/mol. The topological polar surface area (TPSA) is 33.2 Å². The molecule has 0 spiro atoms. The van der Waals surface area contributed by atoms with Gasteiger partial charge in [0.2, 0.25) is 5.91 Å². The van der Waals surface area contributed by atoms with E-state index in [1.807, 2.05) is 24.2 Å². The SMILES string of the molecule is CCCCN(C)C(=O)CCCc1cccnc1. The van der Waals surface area contributed by atoms with E-state index in [9.17, 15) is 4.79 Å². The van der Waals surface area contributed by atoms with Gasteiger partial charge in [0.1, 0.15) is 0 Å². The number of amides is 1. The maximum atomic E-state index is 11.7. The molecular weight excluding hydrogens is 212 g/mol. The number of carbonyl (C=O) groups is 1. The molecule has 3 nitrogen and oxygen atoms in total. The van der Waals surface area contributed by atoms with Crippen molar-refractivity contribution in [3.05, 3.63) is 30.1 Å². The van der Waals surface area contributed by atoms with Crippen molar-refractivity contribution in [2.45, 2.75) is 39.0 Å². The van der Waals surface area contributed by atoms with E-state index >= 15 is 0 Å². The first-order valence-electron chi connectivity index (χ1n) is 6.37. The maximum Gasteiger partial charge on any atom is 0.222 e. The molecule has 3 heteroatoms. The molecule has 0 saturated carbocycles. The van der Waals surface area contributed by atoms with Crippen LogP contribution in [0.3, 0.4) is 0 Å². The summed E-state index contributed by atoms with van der Waals surface area (Å²) in [5.74, 6) is 0.252. The molecule has 0 aliphatic rings. The Morgan fingerprint density at radius 1 is 1.41 bits per heavy atom. The molecule has 1 rings (SSSR count). The molecular formula is C14H22N2O. The van der Waals surface area contributed by atoms with Crippen LogP contribution in [-0.4, -0.2) is 29.4 Å². The number of rotatable bonds is 7.